The fourth-order valence-corrected chi connectivity index (χ4v) is 2.12. The first-order valence-corrected chi connectivity index (χ1v) is 6.05. The van der Waals surface area contributed by atoms with Gasteiger partial charge >= 0.3 is 23.9 Å². The largest absolute Gasteiger partial charge is 0.460 e. The van der Waals surface area contributed by atoms with Gasteiger partial charge in [0.05, 0.1) is 0 Å². The third-order valence-electron chi connectivity index (χ3n) is 3.36. The molecule has 2 rings (SSSR count). The predicted molar refractivity (Wildman–Crippen MR) is 62.2 cm³/mol. The molecule has 128 valence electrons. The van der Waals surface area contributed by atoms with Gasteiger partial charge in [-0.3, -0.25) is 0 Å². The second-order valence-electron chi connectivity index (χ2n) is 4.83. The van der Waals surface area contributed by atoms with E-state index in [0.29, 0.717) is 0 Å². The summed E-state index contributed by atoms with van der Waals surface area (Å²) >= 11 is 0. The summed E-state index contributed by atoms with van der Waals surface area (Å²) in [6.07, 6.45) is -4.85. The van der Waals surface area contributed by atoms with E-state index in [2.05, 4.69) is 0 Å². The minimum absolute atomic E-state index is 0.00190. The summed E-state index contributed by atoms with van der Waals surface area (Å²) in [5.41, 5.74) is -0.514. The molecular formula is C13H8F9N. The van der Waals surface area contributed by atoms with Crippen molar-refractivity contribution in [3.05, 3.63) is 41.6 Å². The van der Waals surface area contributed by atoms with E-state index in [4.69, 9.17) is 0 Å². The van der Waals surface area contributed by atoms with Crippen LogP contribution >= 0.6 is 0 Å². The van der Waals surface area contributed by atoms with E-state index in [-0.39, 0.29) is 5.56 Å². The topological polar surface area (TPSA) is 12.0 Å². The van der Waals surface area contributed by atoms with Crippen molar-refractivity contribution in [1.29, 1.82) is 0 Å². The van der Waals surface area contributed by atoms with Crippen molar-refractivity contribution in [2.24, 2.45) is 0 Å². The van der Waals surface area contributed by atoms with Crippen LogP contribution in [0, 0.1) is 0 Å². The lowest BCUT2D eigenvalue weighted by molar-refractivity contribution is -0.399. The molecule has 1 N–H and O–H groups in total. The van der Waals surface area contributed by atoms with Gasteiger partial charge in [-0.1, -0.05) is 24.3 Å². The van der Waals surface area contributed by atoms with Crippen molar-refractivity contribution in [2.75, 3.05) is 0 Å². The fourth-order valence-electron chi connectivity index (χ4n) is 2.12. The number of rotatable bonds is 3. The van der Waals surface area contributed by atoms with Gasteiger partial charge in [-0.25, -0.2) is 0 Å². The Hall–Kier alpha value is -1.87. The van der Waals surface area contributed by atoms with Crippen LogP contribution in [0.3, 0.4) is 0 Å². The van der Waals surface area contributed by atoms with Gasteiger partial charge < -0.3 is 5.32 Å². The maximum absolute atomic E-state index is 14.0. The summed E-state index contributed by atoms with van der Waals surface area (Å²) in [4.78, 5) is 0. The first kappa shape index (κ1) is 17.5. The zero-order chi connectivity index (χ0) is 17.7. The highest BCUT2D eigenvalue weighted by atomic mass is 19.4. The number of nitrogens with one attached hydrogen (secondary N) is 1. The lowest BCUT2D eigenvalue weighted by Crippen LogP contribution is -2.64. The summed E-state index contributed by atoms with van der Waals surface area (Å²) in [7, 11) is 0. The van der Waals surface area contributed by atoms with Gasteiger partial charge in [0, 0.05) is 0 Å². The molecule has 1 aliphatic rings. The normalized spacial score (nSPS) is 19.3. The van der Waals surface area contributed by atoms with Gasteiger partial charge in [0.1, 0.15) is 6.04 Å². The molecule has 0 amide bonds. The van der Waals surface area contributed by atoms with E-state index in [1.54, 1.807) is 5.32 Å². The number of hydrogen-bond donors (Lipinski definition) is 1. The highest BCUT2D eigenvalue weighted by molar-refractivity contribution is 5.57. The Balaban J connectivity index is 2.52. The molecule has 0 aromatic heterocycles. The molecule has 1 atom stereocenters. The number of halogens is 9. The van der Waals surface area contributed by atoms with E-state index in [9.17, 15) is 39.5 Å². The Bertz CT molecular complexity index is 618. The van der Waals surface area contributed by atoms with Crippen LogP contribution in [0.1, 0.15) is 17.2 Å². The summed E-state index contributed by atoms with van der Waals surface area (Å²) < 4.78 is 117. The van der Waals surface area contributed by atoms with Gasteiger partial charge in [0.25, 0.3) is 0 Å². The maximum atomic E-state index is 14.0. The molecule has 10 heteroatoms. The van der Waals surface area contributed by atoms with Crippen LogP contribution in [-0.4, -0.2) is 23.9 Å². The highest BCUT2D eigenvalue weighted by Gasteiger charge is 2.83. The Kier molecular flexibility index (Phi) is 3.85. The van der Waals surface area contributed by atoms with Crippen molar-refractivity contribution < 1.29 is 39.5 Å². The minimum atomic E-state index is -6.90. The third kappa shape index (κ3) is 2.43. The minimum Gasteiger partial charge on any atom is -0.379 e. The molecule has 1 heterocycles. The van der Waals surface area contributed by atoms with Crippen LogP contribution in [0.25, 0.3) is 6.08 Å². The summed E-state index contributed by atoms with van der Waals surface area (Å²) in [5.74, 6) is -19.3. The van der Waals surface area contributed by atoms with Gasteiger partial charge in [0.2, 0.25) is 0 Å². The van der Waals surface area contributed by atoms with Gasteiger partial charge in [-0.2, -0.15) is 39.5 Å². The molecule has 23 heavy (non-hydrogen) atoms. The van der Waals surface area contributed by atoms with Crippen molar-refractivity contribution in [3.63, 3.8) is 0 Å². The number of hydrogen-bond acceptors (Lipinski definition) is 1. The quantitative estimate of drug-likeness (QED) is 0.775. The molecule has 0 aliphatic carbocycles. The second kappa shape index (κ2) is 5.07. The van der Waals surface area contributed by atoms with Crippen molar-refractivity contribution in [3.8, 4) is 0 Å². The first-order valence-electron chi connectivity index (χ1n) is 6.05. The van der Waals surface area contributed by atoms with Gasteiger partial charge in [0.15, 0.2) is 0 Å². The van der Waals surface area contributed by atoms with E-state index in [1.165, 1.54) is 24.3 Å². The van der Waals surface area contributed by atoms with Crippen molar-refractivity contribution in [2.45, 2.75) is 30.0 Å². The number of alkyl halides is 9. The van der Waals surface area contributed by atoms with Gasteiger partial charge in [-0.15, -0.1) is 0 Å². The fraction of sp³-hybridized carbons (Fsp3) is 0.385. The lowest BCUT2D eigenvalue weighted by Gasteiger charge is -2.39. The summed E-state index contributed by atoms with van der Waals surface area (Å²) in [6.45, 7) is 0. The summed E-state index contributed by atoms with van der Waals surface area (Å²) in [6, 6.07) is 1.96. The Morgan fingerprint density at radius 3 is 1.91 bits per heavy atom. The number of fused-ring (bicyclic) bond motifs is 1. The molecule has 1 unspecified atom stereocenters. The SMILES string of the molecule is FC(F)(F)C(F)(F)C(F)(F)C(F)(F)C1NC=Cc2ccccc21. The molecule has 0 saturated carbocycles. The lowest BCUT2D eigenvalue weighted by atomic mass is 9.88. The summed E-state index contributed by atoms with van der Waals surface area (Å²) in [5, 5.41) is 1.73. The van der Waals surface area contributed by atoms with Crippen molar-refractivity contribution in [1.82, 2.24) is 5.32 Å². The zero-order valence-electron chi connectivity index (χ0n) is 10.9. The molecule has 0 radical (unpaired) electrons. The number of benzene rings is 1. The van der Waals surface area contributed by atoms with Crippen LogP contribution in [0.2, 0.25) is 0 Å². The van der Waals surface area contributed by atoms with Gasteiger partial charge in [-0.05, 0) is 23.4 Å². The second-order valence-corrected chi connectivity index (χ2v) is 4.83. The Morgan fingerprint density at radius 1 is 0.783 bits per heavy atom. The average molecular weight is 349 g/mol. The monoisotopic (exact) mass is 349 g/mol. The molecule has 0 spiro atoms. The Labute approximate surface area is 123 Å². The third-order valence-corrected chi connectivity index (χ3v) is 3.36. The van der Waals surface area contributed by atoms with Crippen LogP contribution in [0.5, 0.6) is 0 Å². The smallest absolute Gasteiger partial charge is 0.379 e. The van der Waals surface area contributed by atoms with E-state index < -0.39 is 35.5 Å². The molecule has 1 aromatic carbocycles. The first-order chi connectivity index (χ1) is 10.3. The Morgan fingerprint density at radius 2 is 1.35 bits per heavy atom. The van der Waals surface area contributed by atoms with Crippen LogP contribution in [0.4, 0.5) is 39.5 Å². The predicted octanol–water partition coefficient (Wildman–Crippen LogP) is 4.77. The van der Waals surface area contributed by atoms with Crippen LogP contribution < -0.4 is 5.32 Å². The molecule has 0 saturated heterocycles. The van der Waals surface area contributed by atoms with E-state index >= 15 is 0 Å². The maximum Gasteiger partial charge on any atom is 0.460 e. The van der Waals surface area contributed by atoms with E-state index in [0.717, 1.165) is 12.3 Å². The molecule has 0 bridgehead atoms. The molecule has 0 fully saturated rings. The molecular weight excluding hydrogens is 341 g/mol. The highest BCUT2D eigenvalue weighted by Crippen LogP contribution is 2.56. The molecule has 1 aromatic rings. The van der Waals surface area contributed by atoms with Crippen LogP contribution in [-0.2, 0) is 0 Å². The van der Waals surface area contributed by atoms with E-state index in [1.807, 2.05) is 0 Å². The van der Waals surface area contributed by atoms with Crippen molar-refractivity contribution >= 4 is 6.08 Å². The standard InChI is InChI=1S/C13H8F9N/c14-10(15,11(16,17)12(18,19)13(20,21)22)9-8-4-2-1-3-7(8)5-6-23-9/h1-6,9,23H. The molecule has 1 nitrogen and oxygen atoms in total. The van der Waals surface area contributed by atoms with Crippen LogP contribution in [0.15, 0.2) is 30.5 Å². The average Bonchev–Trinajstić information content (AvgIpc) is 2.45. The zero-order valence-corrected chi connectivity index (χ0v) is 10.9. The molecule has 1 aliphatic heterocycles.